The molecule has 94 valence electrons. The van der Waals surface area contributed by atoms with Gasteiger partial charge in [0, 0.05) is 26.7 Å². The molecule has 1 unspecified atom stereocenters. The van der Waals surface area contributed by atoms with Crippen LogP contribution in [0, 0.1) is 5.92 Å². The molecule has 0 aromatic rings. The highest BCUT2D eigenvalue weighted by Gasteiger charge is 2.21. The van der Waals surface area contributed by atoms with Gasteiger partial charge in [0.2, 0.25) is 5.96 Å². The van der Waals surface area contributed by atoms with Crippen molar-refractivity contribution in [1.29, 1.82) is 0 Å². The number of nitrogens with two attached hydrogens (primary N) is 1. The van der Waals surface area contributed by atoms with E-state index in [9.17, 15) is 0 Å². The number of likely N-dealkylation sites (tertiary alicyclic amines) is 1. The van der Waals surface area contributed by atoms with Crippen LogP contribution in [0.25, 0.3) is 0 Å². The predicted octanol–water partition coefficient (Wildman–Crippen LogP) is 0.574. The van der Waals surface area contributed by atoms with Gasteiger partial charge in [-0.15, -0.1) is 0 Å². The number of nitrogens with one attached hydrogen (secondary N) is 1. The molecule has 0 radical (unpaired) electrons. The molecule has 1 rings (SSSR count). The molecule has 1 atom stereocenters. The van der Waals surface area contributed by atoms with Gasteiger partial charge in [0.1, 0.15) is 0 Å². The summed E-state index contributed by atoms with van der Waals surface area (Å²) in [4.78, 5) is 6.67. The minimum absolute atomic E-state index is 0.596. The fourth-order valence-electron chi connectivity index (χ4n) is 2.08. The normalized spacial score (nSPS) is 22.3. The Morgan fingerprint density at radius 2 is 2.44 bits per heavy atom. The highest BCUT2D eigenvalue weighted by molar-refractivity contribution is 5.79. The molecule has 5 heteroatoms. The molecule has 1 aliphatic heterocycles. The van der Waals surface area contributed by atoms with E-state index in [0.717, 1.165) is 38.6 Å². The topological polar surface area (TPSA) is 62.9 Å². The summed E-state index contributed by atoms with van der Waals surface area (Å²) in [6.07, 6.45) is 3.46. The number of piperidine rings is 1. The predicted molar refractivity (Wildman–Crippen MR) is 66.1 cm³/mol. The lowest BCUT2D eigenvalue weighted by Crippen LogP contribution is -2.49. The number of hydrazine groups is 1. The second kappa shape index (κ2) is 7.46. The second-order valence-corrected chi connectivity index (χ2v) is 4.26. The summed E-state index contributed by atoms with van der Waals surface area (Å²) in [7, 11) is 1.76. The quantitative estimate of drug-likeness (QED) is 0.320. The van der Waals surface area contributed by atoms with Gasteiger partial charge in [-0.2, -0.15) is 0 Å². The molecule has 0 aromatic heterocycles. The van der Waals surface area contributed by atoms with E-state index < -0.39 is 0 Å². The molecular formula is C11H24N4O. The summed E-state index contributed by atoms with van der Waals surface area (Å²) in [6.45, 7) is 5.78. The van der Waals surface area contributed by atoms with E-state index in [1.54, 1.807) is 7.11 Å². The first-order valence-electron chi connectivity index (χ1n) is 6.06. The average molecular weight is 228 g/mol. The van der Waals surface area contributed by atoms with Gasteiger partial charge in [0.05, 0.1) is 6.61 Å². The minimum Gasteiger partial charge on any atom is -0.384 e. The van der Waals surface area contributed by atoms with Gasteiger partial charge >= 0.3 is 0 Å². The molecule has 5 nitrogen and oxygen atoms in total. The number of guanidine groups is 1. The summed E-state index contributed by atoms with van der Waals surface area (Å²) >= 11 is 0. The lowest BCUT2D eigenvalue weighted by molar-refractivity contribution is 0.114. The summed E-state index contributed by atoms with van der Waals surface area (Å²) in [6, 6.07) is 0. The lowest BCUT2D eigenvalue weighted by Gasteiger charge is -2.34. The standard InChI is InChI=1S/C11H24N4O/c1-3-6-13-11(14-12)15-7-4-5-10(8-15)9-16-2/h10H,3-9,12H2,1-2H3,(H,13,14). The molecule has 0 spiro atoms. The number of rotatable bonds is 4. The second-order valence-electron chi connectivity index (χ2n) is 4.26. The van der Waals surface area contributed by atoms with Crippen molar-refractivity contribution < 1.29 is 4.74 Å². The maximum Gasteiger partial charge on any atom is 0.208 e. The summed E-state index contributed by atoms with van der Waals surface area (Å²) in [5, 5.41) is 0. The molecule has 1 aliphatic rings. The van der Waals surface area contributed by atoms with Gasteiger partial charge in [0.25, 0.3) is 0 Å². The fraction of sp³-hybridized carbons (Fsp3) is 0.909. The van der Waals surface area contributed by atoms with Crippen LogP contribution in [-0.2, 0) is 4.74 Å². The van der Waals surface area contributed by atoms with Gasteiger partial charge in [0.15, 0.2) is 0 Å². The lowest BCUT2D eigenvalue weighted by atomic mass is 9.99. The number of methoxy groups -OCH3 is 1. The first kappa shape index (κ1) is 13.3. The Morgan fingerprint density at radius 1 is 1.62 bits per heavy atom. The summed E-state index contributed by atoms with van der Waals surface area (Å²) in [5.74, 6) is 6.93. The Hall–Kier alpha value is -0.810. The minimum atomic E-state index is 0.596. The van der Waals surface area contributed by atoms with E-state index in [1.807, 2.05) is 0 Å². The zero-order valence-electron chi connectivity index (χ0n) is 10.4. The maximum atomic E-state index is 5.51. The van der Waals surface area contributed by atoms with Crippen molar-refractivity contribution in [1.82, 2.24) is 10.3 Å². The molecule has 0 aliphatic carbocycles. The van der Waals surface area contributed by atoms with Gasteiger partial charge in [-0.3, -0.25) is 10.4 Å². The summed E-state index contributed by atoms with van der Waals surface area (Å²) < 4.78 is 5.21. The van der Waals surface area contributed by atoms with E-state index in [1.165, 1.54) is 12.8 Å². The first-order valence-corrected chi connectivity index (χ1v) is 6.06. The van der Waals surface area contributed by atoms with Crippen LogP contribution in [0.1, 0.15) is 26.2 Å². The number of ether oxygens (including phenoxy) is 1. The van der Waals surface area contributed by atoms with Gasteiger partial charge < -0.3 is 9.64 Å². The summed E-state index contributed by atoms with van der Waals surface area (Å²) in [5.41, 5.74) is 2.70. The molecule has 16 heavy (non-hydrogen) atoms. The number of hydrogen-bond acceptors (Lipinski definition) is 3. The van der Waals surface area contributed by atoms with Crippen LogP contribution in [0.4, 0.5) is 0 Å². The van der Waals surface area contributed by atoms with Crippen molar-refractivity contribution in [3.8, 4) is 0 Å². The Kier molecular flexibility index (Phi) is 6.18. The Bertz CT molecular complexity index is 218. The van der Waals surface area contributed by atoms with Crippen LogP contribution in [0.5, 0.6) is 0 Å². The van der Waals surface area contributed by atoms with Crippen molar-refractivity contribution >= 4 is 5.96 Å². The van der Waals surface area contributed by atoms with E-state index in [2.05, 4.69) is 22.2 Å². The van der Waals surface area contributed by atoms with Crippen molar-refractivity contribution in [3.63, 3.8) is 0 Å². The van der Waals surface area contributed by atoms with E-state index in [-0.39, 0.29) is 0 Å². The zero-order valence-corrected chi connectivity index (χ0v) is 10.4. The van der Waals surface area contributed by atoms with Crippen LogP contribution < -0.4 is 11.3 Å². The smallest absolute Gasteiger partial charge is 0.208 e. The van der Waals surface area contributed by atoms with Crippen molar-refractivity contribution in [3.05, 3.63) is 0 Å². The Balaban J connectivity index is 2.49. The molecule has 1 saturated heterocycles. The highest BCUT2D eigenvalue weighted by Crippen LogP contribution is 2.16. The van der Waals surface area contributed by atoms with Crippen LogP contribution >= 0.6 is 0 Å². The van der Waals surface area contributed by atoms with Gasteiger partial charge in [-0.05, 0) is 25.2 Å². The Morgan fingerprint density at radius 3 is 3.06 bits per heavy atom. The van der Waals surface area contributed by atoms with E-state index >= 15 is 0 Å². The van der Waals surface area contributed by atoms with Crippen LogP contribution in [-0.4, -0.2) is 44.2 Å². The van der Waals surface area contributed by atoms with E-state index in [0.29, 0.717) is 5.92 Å². The number of hydrogen-bond donors (Lipinski definition) is 2. The van der Waals surface area contributed by atoms with Gasteiger partial charge in [-0.25, -0.2) is 5.84 Å². The zero-order chi connectivity index (χ0) is 11.8. The monoisotopic (exact) mass is 228 g/mol. The average Bonchev–Trinajstić information content (AvgIpc) is 2.31. The molecule has 0 bridgehead atoms. The third-order valence-electron chi connectivity index (χ3n) is 2.84. The molecule has 3 N–H and O–H groups in total. The first-order chi connectivity index (χ1) is 7.81. The molecule has 0 aromatic carbocycles. The SMILES string of the molecule is CCCN=C(NN)N1CCCC(COC)C1. The largest absolute Gasteiger partial charge is 0.384 e. The van der Waals surface area contributed by atoms with Crippen LogP contribution in [0.3, 0.4) is 0 Å². The highest BCUT2D eigenvalue weighted by atomic mass is 16.5. The van der Waals surface area contributed by atoms with Crippen molar-refractivity contribution in [2.75, 3.05) is 33.4 Å². The number of aliphatic imine (C=N–C) groups is 1. The fourth-order valence-corrected chi connectivity index (χ4v) is 2.08. The molecule has 1 fully saturated rings. The van der Waals surface area contributed by atoms with Crippen molar-refractivity contribution in [2.45, 2.75) is 26.2 Å². The van der Waals surface area contributed by atoms with Crippen LogP contribution in [0.15, 0.2) is 4.99 Å². The molecule has 0 saturated carbocycles. The number of nitrogens with zero attached hydrogens (tertiary/aromatic N) is 2. The third-order valence-corrected chi connectivity index (χ3v) is 2.84. The Labute approximate surface area is 98.0 Å². The van der Waals surface area contributed by atoms with Crippen molar-refractivity contribution in [2.24, 2.45) is 16.8 Å². The maximum absolute atomic E-state index is 5.51. The van der Waals surface area contributed by atoms with Crippen LogP contribution in [0.2, 0.25) is 0 Å². The third kappa shape index (κ3) is 3.98. The molecular weight excluding hydrogens is 204 g/mol. The van der Waals surface area contributed by atoms with E-state index in [4.69, 9.17) is 10.6 Å². The van der Waals surface area contributed by atoms with Gasteiger partial charge in [-0.1, -0.05) is 6.92 Å². The molecule has 0 amide bonds. The molecule has 1 heterocycles.